The molecule has 0 spiro atoms. The zero-order chi connectivity index (χ0) is 15.4. The van der Waals surface area contributed by atoms with Crippen LogP contribution in [0, 0.1) is 0 Å². The minimum absolute atomic E-state index is 0.0725. The predicted molar refractivity (Wildman–Crippen MR) is 85.9 cm³/mol. The maximum Gasteiger partial charge on any atom is 0.319 e. The van der Waals surface area contributed by atoms with Crippen LogP contribution in [0.3, 0.4) is 0 Å². The van der Waals surface area contributed by atoms with Crippen molar-refractivity contribution in [3.8, 4) is 0 Å². The van der Waals surface area contributed by atoms with E-state index >= 15 is 0 Å². The van der Waals surface area contributed by atoms with Gasteiger partial charge >= 0.3 is 12.1 Å². The molecular weight excluding hydrogens is 280 g/mol. The van der Waals surface area contributed by atoms with Gasteiger partial charge in [-0.05, 0) is 22.9 Å². The molecule has 0 aliphatic carbocycles. The van der Waals surface area contributed by atoms with E-state index in [9.17, 15) is 9.59 Å². The molecular formula is C16H18N4O2. The van der Waals surface area contributed by atoms with Crippen LogP contribution in [-0.2, 0) is 0 Å². The Labute approximate surface area is 128 Å². The van der Waals surface area contributed by atoms with Crippen LogP contribution in [0.5, 0.6) is 0 Å². The molecule has 114 valence electrons. The van der Waals surface area contributed by atoms with Crippen LogP contribution in [0.15, 0.2) is 42.5 Å². The van der Waals surface area contributed by atoms with E-state index in [4.69, 9.17) is 0 Å². The number of rotatable bonds is 4. The van der Waals surface area contributed by atoms with Crippen molar-refractivity contribution >= 4 is 28.5 Å². The molecule has 3 N–H and O–H groups in total. The standard InChI is InChI=1S/C16H18N4O2/c21-15(17-7-9-20-10-8-18-16(20)22)19-14-6-5-12-3-1-2-4-13(12)11-14/h1-6,11H,7-10H2,(H,18,22)(H2,17,19,21). The summed E-state index contributed by atoms with van der Waals surface area (Å²) in [6.45, 7) is 2.29. The van der Waals surface area contributed by atoms with E-state index in [0.717, 1.165) is 16.5 Å². The van der Waals surface area contributed by atoms with Crippen LogP contribution in [0.2, 0.25) is 0 Å². The second-order valence-electron chi connectivity index (χ2n) is 5.16. The fourth-order valence-corrected chi connectivity index (χ4v) is 2.47. The number of anilines is 1. The van der Waals surface area contributed by atoms with E-state index in [2.05, 4.69) is 16.0 Å². The van der Waals surface area contributed by atoms with Crippen molar-refractivity contribution in [1.82, 2.24) is 15.5 Å². The number of carbonyl (C=O) groups excluding carboxylic acids is 2. The van der Waals surface area contributed by atoms with Crippen molar-refractivity contribution < 1.29 is 9.59 Å². The van der Waals surface area contributed by atoms with Crippen molar-refractivity contribution in [1.29, 1.82) is 0 Å². The van der Waals surface area contributed by atoms with Crippen LogP contribution in [0.25, 0.3) is 10.8 Å². The lowest BCUT2D eigenvalue weighted by Gasteiger charge is -2.14. The van der Waals surface area contributed by atoms with Crippen molar-refractivity contribution in [2.75, 3.05) is 31.5 Å². The predicted octanol–water partition coefficient (Wildman–Crippen LogP) is 1.99. The maximum atomic E-state index is 11.9. The first-order valence-electron chi connectivity index (χ1n) is 7.29. The molecule has 1 heterocycles. The van der Waals surface area contributed by atoms with E-state index in [0.29, 0.717) is 26.2 Å². The number of carbonyl (C=O) groups is 2. The molecule has 4 amide bonds. The summed E-state index contributed by atoms with van der Waals surface area (Å²) < 4.78 is 0. The Hall–Kier alpha value is -2.76. The van der Waals surface area contributed by atoms with Crippen LogP contribution in [0.4, 0.5) is 15.3 Å². The van der Waals surface area contributed by atoms with Gasteiger partial charge in [0, 0.05) is 31.9 Å². The Morgan fingerprint density at radius 2 is 2.00 bits per heavy atom. The SMILES string of the molecule is O=C(NCCN1CCNC1=O)Nc1ccc2ccccc2c1. The van der Waals surface area contributed by atoms with E-state index in [1.807, 2.05) is 42.5 Å². The average molecular weight is 298 g/mol. The van der Waals surface area contributed by atoms with Gasteiger partial charge in [0.05, 0.1) is 0 Å². The van der Waals surface area contributed by atoms with Gasteiger partial charge in [0.15, 0.2) is 0 Å². The van der Waals surface area contributed by atoms with Gasteiger partial charge in [-0.25, -0.2) is 9.59 Å². The lowest BCUT2D eigenvalue weighted by atomic mass is 10.1. The Morgan fingerprint density at radius 1 is 1.18 bits per heavy atom. The summed E-state index contributed by atoms with van der Waals surface area (Å²) in [5.41, 5.74) is 0.745. The van der Waals surface area contributed by atoms with Crippen LogP contribution in [0.1, 0.15) is 0 Å². The van der Waals surface area contributed by atoms with E-state index in [1.54, 1.807) is 4.90 Å². The zero-order valence-corrected chi connectivity index (χ0v) is 12.1. The topological polar surface area (TPSA) is 73.5 Å². The molecule has 2 aromatic rings. The lowest BCUT2D eigenvalue weighted by Crippen LogP contribution is -2.38. The number of hydrogen-bond acceptors (Lipinski definition) is 2. The summed E-state index contributed by atoms with van der Waals surface area (Å²) in [7, 11) is 0. The molecule has 0 atom stereocenters. The second-order valence-corrected chi connectivity index (χ2v) is 5.16. The van der Waals surface area contributed by atoms with Crippen LogP contribution >= 0.6 is 0 Å². The summed E-state index contributed by atoms with van der Waals surface area (Å²) in [5.74, 6) is 0. The molecule has 0 aromatic heterocycles. The first-order valence-corrected chi connectivity index (χ1v) is 7.29. The number of fused-ring (bicyclic) bond motifs is 1. The van der Waals surface area contributed by atoms with Gasteiger partial charge in [0.25, 0.3) is 0 Å². The monoisotopic (exact) mass is 298 g/mol. The number of urea groups is 2. The summed E-state index contributed by atoms with van der Waals surface area (Å²) in [5, 5.41) is 10.5. The third kappa shape index (κ3) is 3.28. The zero-order valence-electron chi connectivity index (χ0n) is 12.1. The van der Waals surface area contributed by atoms with Crippen molar-refractivity contribution in [2.24, 2.45) is 0 Å². The average Bonchev–Trinajstić information content (AvgIpc) is 2.92. The molecule has 0 bridgehead atoms. The Morgan fingerprint density at radius 3 is 2.77 bits per heavy atom. The van der Waals surface area contributed by atoms with E-state index in [-0.39, 0.29) is 12.1 Å². The first-order chi connectivity index (χ1) is 10.7. The molecule has 6 heteroatoms. The molecule has 0 unspecified atom stereocenters. The molecule has 22 heavy (non-hydrogen) atoms. The number of benzene rings is 2. The maximum absolute atomic E-state index is 11.9. The molecule has 3 rings (SSSR count). The normalized spacial score (nSPS) is 14.0. The number of nitrogens with one attached hydrogen (secondary N) is 3. The van der Waals surface area contributed by atoms with E-state index in [1.165, 1.54) is 0 Å². The highest BCUT2D eigenvalue weighted by atomic mass is 16.2. The third-order valence-electron chi connectivity index (χ3n) is 3.62. The quantitative estimate of drug-likeness (QED) is 0.807. The van der Waals surface area contributed by atoms with Gasteiger partial charge in [-0.3, -0.25) is 0 Å². The third-order valence-corrected chi connectivity index (χ3v) is 3.62. The summed E-state index contributed by atoms with van der Waals surface area (Å²) in [6.07, 6.45) is 0. The van der Waals surface area contributed by atoms with Crippen molar-refractivity contribution in [3.63, 3.8) is 0 Å². The highest BCUT2D eigenvalue weighted by molar-refractivity contribution is 5.93. The van der Waals surface area contributed by atoms with Crippen LogP contribution < -0.4 is 16.0 Å². The largest absolute Gasteiger partial charge is 0.336 e. The highest BCUT2D eigenvalue weighted by Crippen LogP contribution is 2.18. The Kier molecular flexibility index (Phi) is 4.09. The molecule has 1 aliphatic rings. The Bertz CT molecular complexity index is 701. The number of nitrogens with zero attached hydrogens (tertiary/aromatic N) is 1. The highest BCUT2D eigenvalue weighted by Gasteiger charge is 2.18. The smallest absolute Gasteiger partial charge is 0.319 e. The van der Waals surface area contributed by atoms with Gasteiger partial charge < -0.3 is 20.9 Å². The second kappa shape index (κ2) is 6.34. The fourth-order valence-electron chi connectivity index (χ4n) is 2.47. The van der Waals surface area contributed by atoms with Gasteiger partial charge in [0.1, 0.15) is 0 Å². The molecule has 1 saturated heterocycles. The van der Waals surface area contributed by atoms with Gasteiger partial charge in [-0.15, -0.1) is 0 Å². The summed E-state index contributed by atoms with van der Waals surface area (Å²) in [4.78, 5) is 24.9. The first kappa shape index (κ1) is 14.2. The summed E-state index contributed by atoms with van der Waals surface area (Å²) >= 11 is 0. The minimum atomic E-state index is -0.269. The van der Waals surface area contributed by atoms with Crippen molar-refractivity contribution in [2.45, 2.75) is 0 Å². The van der Waals surface area contributed by atoms with Crippen molar-refractivity contribution in [3.05, 3.63) is 42.5 Å². The molecule has 6 nitrogen and oxygen atoms in total. The minimum Gasteiger partial charge on any atom is -0.336 e. The van der Waals surface area contributed by atoms with Gasteiger partial charge in [0.2, 0.25) is 0 Å². The van der Waals surface area contributed by atoms with E-state index < -0.39 is 0 Å². The molecule has 0 saturated carbocycles. The lowest BCUT2D eigenvalue weighted by molar-refractivity contribution is 0.216. The van der Waals surface area contributed by atoms with Crippen LogP contribution in [-0.4, -0.2) is 43.1 Å². The van der Waals surface area contributed by atoms with Gasteiger partial charge in [-0.1, -0.05) is 30.3 Å². The fraction of sp³-hybridized carbons (Fsp3) is 0.250. The molecule has 1 fully saturated rings. The molecule has 2 aromatic carbocycles. The van der Waals surface area contributed by atoms with Gasteiger partial charge in [-0.2, -0.15) is 0 Å². The number of amides is 4. The molecule has 0 radical (unpaired) electrons. The Balaban J connectivity index is 1.51. The molecule has 1 aliphatic heterocycles. The number of hydrogen-bond donors (Lipinski definition) is 3. The summed E-state index contributed by atoms with van der Waals surface area (Å²) in [6, 6.07) is 13.4.